The van der Waals surface area contributed by atoms with Gasteiger partial charge >= 0.3 is 0 Å². The molecule has 0 radical (unpaired) electrons. The maximum atomic E-state index is 9.36. The fourth-order valence-electron chi connectivity index (χ4n) is 2.38. The van der Waals surface area contributed by atoms with E-state index in [4.69, 9.17) is 4.74 Å². The van der Waals surface area contributed by atoms with Gasteiger partial charge in [0, 0.05) is 17.8 Å². The Morgan fingerprint density at radius 3 is 2.71 bits per heavy atom. The van der Waals surface area contributed by atoms with Crippen LogP contribution in [0.15, 0.2) is 48.7 Å². The number of phenols is 1. The van der Waals surface area contributed by atoms with Gasteiger partial charge in [-0.25, -0.2) is 4.98 Å². The third-order valence-electron chi connectivity index (χ3n) is 3.46. The van der Waals surface area contributed by atoms with Crippen molar-refractivity contribution in [3.63, 3.8) is 0 Å². The molecular formula is C16H12N2O2S. The van der Waals surface area contributed by atoms with Gasteiger partial charge in [0.1, 0.15) is 11.5 Å². The molecule has 4 aromatic rings. The van der Waals surface area contributed by atoms with E-state index in [-0.39, 0.29) is 5.75 Å². The Morgan fingerprint density at radius 1 is 1.14 bits per heavy atom. The van der Waals surface area contributed by atoms with E-state index in [1.54, 1.807) is 30.6 Å². The topological polar surface area (TPSA) is 46.8 Å². The Labute approximate surface area is 124 Å². The molecule has 0 spiro atoms. The quantitative estimate of drug-likeness (QED) is 0.609. The third-order valence-corrected chi connectivity index (χ3v) is 4.50. The number of methoxy groups -OCH3 is 1. The predicted octanol–water partition coefficient (Wildman–Crippen LogP) is 3.93. The van der Waals surface area contributed by atoms with Crippen molar-refractivity contribution in [1.29, 1.82) is 0 Å². The molecule has 0 fully saturated rings. The number of ether oxygens (including phenoxy) is 1. The van der Waals surface area contributed by atoms with Crippen molar-refractivity contribution in [2.24, 2.45) is 0 Å². The van der Waals surface area contributed by atoms with Gasteiger partial charge in [-0.05, 0) is 36.4 Å². The molecule has 0 aliphatic rings. The molecule has 0 bridgehead atoms. The van der Waals surface area contributed by atoms with E-state index >= 15 is 0 Å². The van der Waals surface area contributed by atoms with Crippen LogP contribution in [0.3, 0.4) is 0 Å². The summed E-state index contributed by atoms with van der Waals surface area (Å²) in [5, 5.41) is 9.36. The number of benzene rings is 2. The molecule has 0 saturated heterocycles. The highest BCUT2D eigenvalue weighted by Crippen LogP contribution is 2.31. The van der Waals surface area contributed by atoms with Crippen molar-refractivity contribution in [3.05, 3.63) is 48.7 Å². The fraction of sp³-hybridized carbons (Fsp3) is 0.0625. The molecule has 2 aromatic carbocycles. The van der Waals surface area contributed by atoms with Crippen LogP contribution in [0.4, 0.5) is 0 Å². The van der Waals surface area contributed by atoms with Gasteiger partial charge in [-0.2, -0.15) is 0 Å². The van der Waals surface area contributed by atoms with Gasteiger partial charge in [0.2, 0.25) is 0 Å². The first-order valence-corrected chi connectivity index (χ1v) is 7.31. The van der Waals surface area contributed by atoms with E-state index < -0.39 is 0 Å². The van der Waals surface area contributed by atoms with Crippen LogP contribution in [0.25, 0.3) is 26.4 Å². The normalized spacial score (nSPS) is 11.3. The zero-order valence-electron chi connectivity index (χ0n) is 11.3. The van der Waals surface area contributed by atoms with Crippen LogP contribution >= 0.6 is 11.3 Å². The summed E-state index contributed by atoms with van der Waals surface area (Å²) in [4.78, 5) is 5.61. The number of rotatable bonds is 2. The summed E-state index contributed by atoms with van der Waals surface area (Å²) in [6, 6.07) is 13.1. The molecule has 0 aliphatic heterocycles. The molecule has 1 N–H and O–H groups in total. The Hall–Kier alpha value is -2.53. The summed E-state index contributed by atoms with van der Waals surface area (Å²) in [6.07, 6.45) is 2.01. The Balaban J connectivity index is 1.91. The zero-order chi connectivity index (χ0) is 14.4. The van der Waals surface area contributed by atoms with Crippen molar-refractivity contribution in [1.82, 2.24) is 9.38 Å². The standard InChI is InChI=1S/C16H12N2O2S/c1-20-12-6-7-15-14(8-12)18-9-13(17-16(18)21-15)10-2-4-11(19)5-3-10/h2-9,19H,1H3. The maximum absolute atomic E-state index is 9.36. The molecular weight excluding hydrogens is 284 g/mol. The predicted molar refractivity (Wildman–Crippen MR) is 84.2 cm³/mol. The van der Waals surface area contributed by atoms with Crippen LogP contribution in [-0.4, -0.2) is 21.6 Å². The lowest BCUT2D eigenvalue weighted by Crippen LogP contribution is -1.83. The SMILES string of the molecule is COc1ccc2sc3nc(-c4ccc(O)cc4)cn3c2c1. The second-order valence-electron chi connectivity index (χ2n) is 4.76. The Morgan fingerprint density at radius 2 is 1.95 bits per heavy atom. The molecule has 21 heavy (non-hydrogen) atoms. The molecule has 4 rings (SSSR count). The minimum Gasteiger partial charge on any atom is -0.508 e. The molecule has 2 aromatic heterocycles. The summed E-state index contributed by atoms with van der Waals surface area (Å²) >= 11 is 1.65. The monoisotopic (exact) mass is 296 g/mol. The molecule has 4 nitrogen and oxygen atoms in total. The summed E-state index contributed by atoms with van der Waals surface area (Å²) < 4.78 is 8.54. The molecule has 5 heteroatoms. The van der Waals surface area contributed by atoms with Crippen molar-refractivity contribution < 1.29 is 9.84 Å². The molecule has 104 valence electrons. The van der Waals surface area contributed by atoms with Gasteiger partial charge in [0.25, 0.3) is 0 Å². The number of aromatic hydroxyl groups is 1. The first kappa shape index (κ1) is 12.2. The molecule has 0 amide bonds. The summed E-state index contributed by atoms with van der Waals surface area (Å²) in [7, 11) is 1.67. The van der Waals surface area contributed by atoms with Crippen molar-refractivity contribution in [3.8, 4) is 22.8 Å². The number of thiazole rings is 1. The lowest BCUT2D eigenvalue weighted by molar-refractivity contribution is 0.415. The van der Waals surface area contributed by atoms with E-state index in [1.165, 1.54) is 4.70 Å². The second kappa shape index (κ2) is 4.49. The van der Waals surface area contributed by atoms with Gasteiger partial charge in [-0.1, -0.05) is 11.3 Å². The van der Waals surface area contributed by atoms with E-state index in [0.717, 1.165) is 27.5 Å². The molecule has 2 heterocycles. The average molecular weight is 296 g/mol. The average Bonchev–Trinajstić information content (AvgIpc) is 3.05. The first-order chi connectivity index (χ1) is 10.2. The van der Waals surface area contributed by atoms with Gasteiger partial charge in [0.15, 0.2) is 4.96 Å². The Kier molecular flexibility index (Phi) is 2.62. The van der Waals surface area contributed by atoms with E-state index in [1.807, 2.05) is 36.5 Å². The summed E-state index contributed by atoms with van der Waals surface area (Å²) in [5.74, 6) is 1.09. The minimum atomic E-state index is 0.259. The minimum absolute atomic E-state index is 0.259. The van der Waals surface area contributed by atoms with E-state index in [0.29, 0.717) is 0 Å². The van der Waals surface area contributed by atoms with Crippen LogP contribution in [0, 0.1) is 0 Å². The van der Waals surface area contributed by atoms with Gasteiger partial charge in [-0.15, -0.1) is 0 Å². The van der Waals surface area contributed by atoms with Crippen LogP contribution in [0.5, 0.6) is 11.5 Å². The van der Waals surface area contributed by atoms with Crippen molar-refractivity contribution in [2.45, 2.75) is 0 Å². The third kappa shape index (κ3) is 1.94. The fourth-order valence-corrected chi connectivity index (χ4v) is 3.36. The van der Waals surface area contributed by atoms with Crippen LogP contribution in [0.1, 0.15) is 0 Å². The lowest BCUT2D eigenvalue weighted by Gasteiger charge is -1.99. The number of fused-ring (bicyclic) bond motifs is 3. The van der Waals surface area contributed by atoms with E-state index in [9.17, 15) is 5.11 Å². The molecule has 0 unspecified atom stereocenters. The largest absolute Gasteiger partial charge is 0.508 e. The van der Waals surface area contributed by atoms with Crippen molar-refractivity contribution >= 4 is 26.5 Å². The van der Waals surface area contributed by atoms with Gasteiger partial charge < -0.3 is 9.84 Å². The number of nitrogens with zero attached hydrogens (tertiary/aromatic N) is 2. The molecule has 0 atom stereocenters. The zero-order valence-corrected chi connectivity index (χ0v) is 12.1. The highest BCUT2D eigenvalue weighted by atomic mass is 32.1. The number of hydrogen-bond donors (Lipinski definition) is 1. The summed E-state index contributed by atoms with van der Waals surface area (Å²) in [6.45, 7) is 0. The van der Waals surface area contributed by atoms with Crippen LogP contribution in [-0.2, 0) is 0 Å². The number of phenolic OH excluding ortho intramolecular Hbond substituents is 1. The smallest absolute Gasteiger partial charge is 0.195 e. The first-order valence-electron chi connectivity index (χ1n) is 6.49. The summed E-state index contributed by atoms with van der Waals surface area (Å²) in [5.41, 5.74) is 2.97. The van der Waals surface area contributed by atoms with Gasteiger partial charge in [0.05, 0.1) is 23.0 Å². The highest BCUT2D eigenvalue weighted by Gasteiger charge is 2.10. The number of aromatic nitrogens is 2. The second-order valence-corrected chi connectivity index (χ2v) is 5.77. The van der Waals surface area contributed by atoms with E-state index in [2.05, 4.69) is 9.38 Å². The van der Waals surface area contributed by atoms with Crippen LogP contribution in [0.2, 0.25) is 0 Å². The van der Waals surface area contributed by atoms with Gasteiger partial charge in [-0.3, -0.25) is 4.40 Å². The Bertz CT molecular complexity index is 938. The van der Waals surface area contributed by atoms with Crippen LogP contribution < -0.4 is 4.74 Å². The maximum Gasteiger partial charge on any atom is 0.195 e. The highest BCUT2D eigenvalue weighted by molar-refractivity contribution is 7.23. The number of imidazole rings is 1. The molecule has 0 aliphatic carbocycles. The molecule has 0 saturated carbocycles. The number of hydrogen-bond acceptors (Lipinski definition) is 4. The van der Waals surface area contributed by atoms with Crippen molar-refractivity contribution in [2.75, 3.05) is 7.11 Å². The lowest BCUT2D eigenvalue weighted by atomic mass is 10.2.